The van der Waals surface area contributed by atoms with Crippen LogP contribution in [0.15, 0.2) is 17.0 Å². The summed E-state index contributed by atoms with van der Waals surface area (Å²) in [6.07, 6.45) is 0. The van der Waals surface area contributed by atoms with Crippen molar-refractivity contribution in [3.8, 4) is 0 Å². The molecule has 82 valence electrons. The third-order valence-corrected chi connectivity index (χ3v) is 2.59. The number of benzene rings is 1. The van der Waals surface area contributed by atoms with Crippen molar-refractivity contribution in [2.75, 3.05) is 7.11 Å². The largest absolute Gasteiger partial charge is 1.00 e. The summed E-state index contributed by atoms with van der Waals surface area (Å²) >= 11 is 2.77. The Balaban J connectivity index is 0.00000225. The molecule has 0 heterocycles. The summed E-state index contributed by atoms with van der Waals surface area (Å²) in [5.74, 6) is -1.84. The molecule has 8 heteroatoms. The zero-order valence-electron chi connectivity index (χ0n) is 8.45. The van der Waals surface area contributed by atoms with Crippen LogP contribution in [0.4, 0.5) is 4.39 Å². The molecule has 1 atom stereocenters. The number of ether oxygens (including phenoxy) is 1. The predicted molar refractivity (Wildman–Crippen MR) is 49.9 cm³/mol. The van der Waals surface area contributed by atoms with E-state index in [-0.39, 0.29) is 40.1 Å². The molecule has 4 nitrogen and oxygen atoms in total. The summed E-state index contributed by atoms with van der Waals surface area (Å²) in [5, 5.41) is -0.200. The van der Waals surface area contributed by atoms with Gasteiger partial charge in [-0.15, -0.1) is 0 Å². The molecule has 16 heavy (non-hydrogen) atoms. The van der Waals surface area contributed by atoms with E-state index < -0.39 is 27.8 Å². The van der Waals surface area contributed by atoms with Gasteiger partial charge in [0, 0.05) is 0 Å². The first-order chi connectivity index (χ1) is 6.97. The smallest absolute Gasteiger partial charge is 0.768 e. The molecular weight excluding hydrogens is 270 g/mol. The molecule has 1 aromatic rings. The van der Waals surface area contributed by atoms with Gasteiger partial charge in [0.15, 0.2) is 0 Å². The van der Waals surface area contributed by atoms with Gasteiger partial charge >= 0.3 is 35.5 Å². The van der Waals surface area contributed by atoms with Crippen molar-refractivity contribution in [2.24, 2.45) is 0 Å². The van der Waals surface area contributed by atoms with Crippen LogP contribution in [-0.2, 0) is 15.8 Å². The number of esters is 1. The molecule has 0 saturated carbocycles. The van der Waals surface area contributed by atoms with Crippen LogP contribution in [0.5, 0.6) is 0 Å². The van der Waals surface area contributed by atoms with Crippen molar-refractivity contribution >= 4 is 28.7 Å². The molecule has 0 fully saturated rings. The van der Waals surface area contributed by atoms with Crippen LogP contribution in [0, 0.1) is 5.82 Å². The summed E-state index contributed by atoms with van der Waals surface area (Å²) in [6.45, 7) is 0. The standard InChI is InChI=1S/C8H6ClFO4S.Na/c1-14-8(11)4-2-7(15(12)13)6(10)3-5(4)9;/h2-3H,1H3,(H,12,13);/q;+1/p-1. The number of rotatable bonds is 2. The summed E-state index contributed by atoms with van der Waals surface area (Å²) in [4.78, 5) is 10.5. The van der Waals surface area contributed by atoms with Gasteiger partial charge in [-0.3, -0.25) is 4.21 Å². The number of carbonyl (C=O) groups is 1. The second-order valence-corrected chi connectivity index (χ2v) is 3.81. The molecule has 1 rings (SSSR count). The van der Waals surface area contributed by atoms with Gasteiger partial charge in [0.2, 0.25) is 0 Å². The van der Waals surface area contributed by atoms with E-state index >= 15 is 0 Å². The van der Waals surface area contributed by atoms with Gasteiger partial charge in [-0.1, -0.05) is 11.6 Å². The average Bonchev–Trinajstić information content (AvgIpc) is 2.16. The van der Waals surface area contributed by atoms with Gasteiger partial charge in [0.25, 0.3) is 0 Å². The molecule has 1 unspecified atom stereocenters. The normalized spacial score (nSPS) is 11.5. The fraction of sp³-hybridized carbons (Fsp3) is 0.125. The van der Waals surface area contributed by atoms with Crippen molar-refractivity contribution < 1.29 is 52.2 Å². The monoisotopic (exact) mass is 274 g/mol. The first-order valence-electron chi connectivity index (χ1n) is 3.64. The summed E-state index contributed by atoms with van der Waals surface area (Å²) in [6, 6.07) is 1.57. The average molecular weight is 275 g/mol. The number of hydrogen-bond acceptors (Lipinski definition) is 4. The van der Waals surface area contributed by atoms with Gasteiger partial charge in [0.05, 0.1) is 22.6 Å². The molecule has 0 saturated heterocycles. The first-order valence-corrected chi connectivity index (χ1v) is 5.09. The van der Waals surface area contributed by atoms with E-state index in [2.05, 4.69) is 4.74 Å². The molecule has 0 radical (unpaired) electrons. The molecule has 0 aliphatic rings. The van der Waals surface area contributed by atoms with Gasteiger partial charge in [0.1, 0.15) is 5.82 Å². The Morgan fingerprint density at radius 3 is 2.56 bits per heavy atom. The Bertz CT molecular complexity index is 440. The minimum atomic E-state index is -2.77. The van der Waals surface area contributed by atoms with E-state index in [1.54, 1.807) is 0 Å². The Morgan fingerprint density at radius 1 is 1.56 bits per heavy atom. The van der Waals surface area contributed by atoms with E-state index in [9.17, 15) is 17.9 Å². The summed E-state index contributed by atoms with van der Waals surface area (Å²) < 4.78 is 38.5. The van der Waals surface area contributed by atoms with Crippen LogP contribution >= 0.6 is 11.6 Å². The fourth-order valence-corrected chi connectivity index (χ4v) is 1.58. The number of halogens is 2. The Hall–Kier alpha value is 0.0200. The van der Waals surface area contributed by atoms with Gasteiger partial charge in [-0.2, -0.15) is 0 Å². The Labute approximate surface area is 121 Å². The van der Waals surface area contributed by atoms with Crippen LogP contribution in [0.25, 0.3) is 0 Å². The van der Waals surface area contributed by atoms with E-state index in [1.807, 2.05) is 0 Å². The summed E-state index contributed by atoms with van der Waals surface area (Å²) in [7, 11) is 1.11. The van der Waals surface area contributed by atoms with Crippen molar-refractivity contribution in [2.45, 2.75) is 4.90 Å². The van der Waals surface area contributed by atoms with Gasteiger partial charge < -0.3 is 9.29 Å². The van der Waals surface area contributed by atoms with Crippen molar-refractivity contribution in [3.05, 3.63) is 28.5 Å². The third-order valence-electron chi connectivity index (χ3n) is 1.61. The number of carbonyl (C=O) groups excluding carboxylic acids is 1. The minimum absolute atomic E-state index is 0. The van der Waals surface area contributed by atoms with E-state index in [1.165, 1.54) is 0 Å². The predicted octanol–water partition coefficient (Wildman–Crippen LogP) is -1.49. The fourth-order valence-electron chi connectivity index (χ4n) is 0.923. The summed E-state index contributed by atoms with van der Waals surface area (Å²) in [5.41, 5.74) is -0.195. The topological polar surface area (TPSA) is 66.4 Å². The second-order valence-electron chi connectivity index (χ2n) is 2.49. The zero-order chi connectivity index (χ0) is 11.6. The van der Waals surface area contributed by atoms with Crippen LogP contribution < -0.4 is 29.6 Å². The molecule has 0 aliphatic heterocycles. The van der Waals surface area contributed by atoms with E-state index in [4.69, 9.17) is 11.6 Å². The second kappa shape index (κ2) is 6.68. The maximum atomic E-state index is 13.0. The maximum Gasteiger partial charge on any atom is 1.00 e. The molecule has 0 aromatic heterocycles. The third kappa shape index (κ3) is 3.51. The molecule has 0 spiro atoms. The molecular formula is C8H5ClFNaO4S. The molecule has 0 bridgehead atoms. The molecule has 0 amide bonds. The Morgan fingerprint density at radius 2 is 2.12 bits per heavy atom. The van der Waals surface area contributed by atoms with Crippen LogP contribution in [0.1, 0.15) is 10.4 Å². The molecule has 1 aromatic carbocycles. The van der Waals surface area contributed by atoms with Crippen LogP contribution in [0.3, 0.4) is 0 Å². The molecule has 0 N–H and O–H groups in total. The number of hydrogen-bond donors (Lipinski definition) is 0. The Kier molecular flexibility index (Phi) is 6.69. The zero-order valence-corrected chi connectivity index (χ0v) is 12.0. The minimum Gasteiger partial charge on any atom is -0.768 e. The van der Waals surface area contributed by atoms with Crippen molar-refractivity contribution in [3.63, 3.8) is 0 Å². The van der Waals surface area contributed by atoms with Gasteiger partial charge in [-0.25, -0.2) is 9.18 Å². The number of methoxy groups -OCH3 is 1. The first kappa shape index (κ1) is 16.0. The van der Waals surface area contributed by atoms with Crippen LogP contribution in [-0.4, -0.2) is 21.8 Å². The van der Waals surface area contributed by atoms with E-state index in [0.29, 0.717) is 0 Å². The van der Waals surface area contributed by atoms with E-state index in [0.717, 1.165) is 19.2 Å². The van der Waals surface area contributed by atoms with Crippen molar-refractivity contribution in [1.82, 2.24) is 0 Å². The maximum absolute atomic E-state index is 13.0. The molecule has 0 aliphatic carbocycles. The van der Waals surface area contributed by atoms with Crippen LogP contribution in [0.2, 0.25) is 5.02 Å². The quantitative estimate of drug-likeness (QED) is 0.374. The SMILES string of the molecule is COC(=O)c1cc(S(=O)[O-])c(F)cc1Cl.[Na+]. The van der Waals surface area contributed by atoms with Crippen molar-refractivity contribution in [1.29, 1.82) is 0 Å². The van der Waals surface area contributed by atoms with Gasteiger partial charge in [-0.05, 0) is 23.2 Å².